The van der Waals surface area contributed by atoms with Crippen molar-refractivity contribution in [1.29, 1.82) is 0 Å². The first-order chi connectivity index (χ1) is 8.29. The van der Waals surface area contributed by atoms with Gasteiger partial charge in [0.25, 0.3) is 0 Å². The van der Waals surface area contributed by atoms with Crippen LogP contribution in [0, 0.1) is 0 Å². The van der Waals surface area contributed by atoms with Gasteiger partial charge in [-0.1, -0.05) is 23.1 Å². The van der Waals surface area contributed by atoms with E-state index < -0.39 is 0 Å². The summed E-state index contributed by atoms with van der Waals surface area (Å²) >= 11 is 3.03. The number of nitrogens with zero attached hydrogens (tertiary/aromatic N) is 3. The molecule has 0 aliphatic carbocycles. The molecule has 94 valence electrons. The van der Waals surface area contributed by atoms with Crippen LogP contribution in [0.4, 0.5) is 5.13 Å². The standard InChI is InChI=1S/C10H16N4OS2/c1-2-11-8(15)7-16-10-13-12-9(17-10)14-5-3-4-6-14/h2-7H2,1H3,(H,11,15). The van der Waals surface area contributed by atoms with Gasteiger partial charge in [-0.05, 0) is 19.8 Å². The summed E-state index contributed by atoms with van der Waals surface area (Å²) in [5.74, 6) is 0.470. The predicted molar refractivity (Wildman–Crippen MR) is 70.8 cm³/mol. The summed E-state index contributed by atoms with van der Waals surface area (Å²) in [6.07, 6.45) is 2.47. The van der Waals surface area contributed by atoms with Crippen LogP contribution >= 0.6 is 23.1 Å². The van der Waals surface area contributed by atoms with Crippen LogP contribution in [0.1, 0.15) is 19.8 Å². The second-order valence-electron chi connectivity index (χ2n) is 3.79. The molecule has 0 atom stereocenters. The summed E-state index contributed by atoms with van der Waals surface area (Å²) in [7, 11) is 0. The molecule has 1 aromatic rings. The van der Waals surface area contributed by atoms with Gasteiger partial charge in [0.2, 0.25) is 11.0 Å². The van der Waals surface area contributed by atoms with Crippen LogP contribution in [-0.4, -0.2) is 41.5 Å². The van der Waals surface area contributed by atoms with E-state index in [4.69, 9.17) is 0 Å². The van der Waals surface area contributed by atoms with Crippen LogP contribution in [0.3, 0.4) is 0 Å². The molecule has 1 amide bonds. The summed E-state index contributed by atoms with van der Waals surface area (Å²) in [5, 5.41) is 12.0. The Bertz CT molecular complexity index is 376. The summed E-state index contributed by atoms with van der Waals surface area (Å²) in [4.78, 5) is 13.6. The number of thioether (sulfide) groups is 1. The quantitative estimate of drug-likeness (QED) is 0.820. The highest BCUT2D eigenvalue weighted by molar-refractivity contribution is 8.01. The van der Waals surface area contributed by atoms with Crippen LogP contribution in [0.2, 0.25) is 0 Å². The Morgan fingerprint density at radius 1 is 1.47 bits per heavy atom. The zero-order valence-corrected chi connectivity index (χ0v) is 11.4. The largest absolute Gasteiger partial charge is 0.356 e. The molecule has 17 heavy (non-hydrogen) atoms. The number of rotatable bonds is 5. The molecular formula is C10H16N4OS2. The number of hydrogen-bond acceptors (Lipinski definition) is 6. The monoisotopic (exact) mass is 272 g/mol. The van der Waals surface area contributed by atoms with E-state index in [1.807, 2.05) is 6.92 Å². The van der Waals surface area contributed by atoms with E-state index >= 15 is 0 Å². The molecule has 0 radical (unpaired) electrons. The van der Waals surface area contributed by atoms with Crippen molar-refractivity contribution in [2.45, 2.75) is 24.1 Å². The van der Waals surface area contributed by atoms with Crippen LogP contribution in [0.15, 0.2) is 4.34 Å². The fourth-order valence-electron chi connectivity index (χ4n) is 1.67. The van der Waals surface area contributed by atoms with Crippen LogP contribution in [-0.2, 0) is 4.79 Å². The maximum Gasteiger partial charge on any atom is 0.230 e. The lowest BCUT2D eigenvalue weighted by Crippen LogP contribution is -2.24. The van der Waals surface area contributed by atoms with Crippen molar-refractivity contribution in [2.75, 3.05) is 30.3 Å². The van der Waals surface area contributed by atoms with Crippen LogP contribution < -0.4 is 10.2 Å². The minimum atomic E-state index is 0.0513. The van der Waals surface area contributed by atoms with Gasteiger partial charge in [0.05, 0.1) is 5.75 Å². The van der Waals surface area contributed by atoms with E-state index in [-0.39, 0.29) is 5.91 Å². The van der Waals surface area contributed by atoms with Gasteiger partial charge in [0.1, 0.15) is 0 Å². The van der Waals surface area contributed by atoms with Crippen molar-refractivity contribution in [3.8, 4) is 0 Å². The summed E-state index contributed by atoms with van der Waals surface area (Å²) in [6, 6.07) is 0. The lowest BCUT2D eigenvalue weighted by Gasteiger charge is -2.10. The summed E-state index contributed by atoms with van der Waals surface area (Å²) < 4.78 is 0.873. The molecule has 1 saturated heterocycles. The van der Waals surface area contributed by atoms with Gasteiger partial charge in [0, 0.05) is 19.6 Å². The van der Waals surface area contributed by atoms with Gasteiger partial charge in [0.15, 0.2) is 4.34 Å². The van der Waals surface area contributed by atoms with Crippen molar-refractivity contribution >= 4 is 34.1 Å². The molecule has 2 rings (SSSR count). The lowest BCUT2D eigenvalue weighted by molar-refractivity contribution is -0.118. The zero-order valence-electron chi connectivity index (χ0n) is 9.81. The molecule has 2 heterocycles. The molecule has 0 unspecified atom stereocenters. The zero-order chi connectivity index (χ0) is 12.1. The Kier molecular flexibility index (Phi) is 4.61. The highest BCUT2D eigenvalue weighted by Crippen LogP contribution is 2.29. The van der Waals surface area contributed by atoms with Crippen molar-refractivity contribution in [3.05, 3.63) is 0 Å². The van der Waals surface area contributed by atoms with Gasteiger partial charge in [-0.3, -0.25) is 4.79 Å². The highest BCUT2D eigenvalue weighted by atomic mass is 32.2. The average Bonchev–Trinajstić information content (AvgIpc) is 2.97. The van der Waals surface area contributed by atoms with Crippen molar-refractivity contribution in [2.24, 2.45) is 0 Å². The van der Waals surface area contributed by atoms with E-state index in [1.54, 1.807) is 11.3 Å². The normalized spacial score (nSPS) is 15.2. The van der Waals surface area contributed by atoms with E-state index in [2.05, 4.69) is 20.4 Å². The molecule has 1 aromatic heterocycles. The molecule has 0 spiro atoms. The van der Waals surface area contributed by atoms with Crippen LogP contribution in [0.25, 0.3) is 0 Å². The number of amides is 1. The molecule has 1 aliphatic heterocycles. The second kappa shape index (κ2) is 6.20. The van der Waals surface area contributed by atoms with Crippen molar-refractivity contribution < 1.29 is 4.79 Å². The lowest BCUT2D eigenvalue weighted by atomic mass is 10.4. The Labute approximate surface area is 109 Å². The molecule has 5 nitrogen and oxygen atoms in total. The Morgan fingerprint density at radius 3 is 2.94 bits per heavy atom. The molecule has 0 aromatic carbocycles. The SMILES string of the molecule is CCNC(=O)CSc1nnc(N2CCCC2)s1. The summed E-state index contributed by atoms with van der Waals surface area (Å²) in [5.41, 5.74) is 0. The number of nitrogens with one attached hydrogen (secondary N) is 1. The predicted octanol–water partition coefficient (Wildman–Crippen LogP) is 1.37. The van der Waals surface area contributed by atoms with Gasteiger partial charge >= 0.3 is 0 Å². The second-order valence-corrected chi connectivity index (χ2v) is 5.97. The minimum Gasteiger partial charge on any atom is -0.356 e. The molecule has 1 aliphatic rings. The van der Waals surface area contributed by atoms with E-state index in [0.29, 0.717) is 12.3 Å². The van der Waals surface area contributed by atoms with E-state index in [9.17, 15) is 4.79 Å². The smallest absolute Gasteiger partial charge is 0.230 e. The molecule has 1 fully saturated rings. The average molecular weight is 272 g/mol. The third-order valence-electron chi connectivity index (χ3n) is 2.47. The first-order valence-corrected chi connectivity index (χ1v) is 7.57. The first kappa shape index (κ1) is 12.6. The number of anilines is 1. The van der Waals surface area contributed by atoms with Gasteiger partial charge in [-0.25, -0.2) is 0 Å². The third-order valence-corrected chi connectivity index (χ3v) is 4.59. The number of carbonyl (C=O) groups excluding carboxylic acids is 1. The first-order valence-electron chi connectivity index (χ1n) is 5.77. The number of carbonyl (C=O) groups is 1. The fraction of sp³-hybridized carbons (Fsp3) is 0.700. The molecule has 0 saturated carbocycles. The fourth-order valence-corrected chi connectivity index (χ4v) is 3.39. The molecular weight excluding hydrogens is 256 g/mol. The maximum atomic E-state index is 11.3. The van der Waals surface area contributed by atoms with E-state index in [1.165, 1.54) is 24.6 Å². The molecule has 7 heteroatoms. The Balaban J connectivity index is 1.83. The number of aromatic nitrogens is 2. The van der Waals surface area contributed by atoms with Crippen LogP contribution in [0.5, 0.6) is 0 Å². The highest BCUT2D eigenvalue weighted by Gasteiger charge is 2.17. The van der Waals surface area contributed by atoms with Gasteiger partial charge in [-0.2, -0.15) is 0 Å². The maximum absolute atomic E-state index is 11.3. The number of hydrogen-bond donors (Lipinski definition) is 1. The topological polar surface area (TPSA) is 58.1 Å². The van der Waals surface area contributed by atoms with E-state index in [0.717, 1.165) is 22.6 Å². The third kappa shape index (κ3) is 3.57. The summed E-state index contributed by atoms with van der Waals surface area (Å²) in [6.45, 7) is 4.75. The Hall–Kier alpha value is -0.820. The van der Waals surface area contributed by atoms with Crippen molar-refractivity contribution in [3.63, 3.8) is 0 Å². The minimum absolute atomic E-state index is 0.0513. The van der Waals surface area contributed by atoms with Crippen molar-refractivity contribution in [1.82, 2.24) is 15.5 Å². The van der Waals surface area contributed by atoms with Gasteiger partial charge < -0.3 is 10.2 Å². The molecule has 1 N–H and O–H groups in total. The van der Waals surface area contributed by atoms with Gasteiger partial charge in [-0.15, -0.1) is 10.2 Å². The molecule has 0 bridgehead atoms. The Morgan fingerprint density at radius 2 is 2.24 bits per heavy atom.